The molecule has 0 aliphatic heterocycles. The Morgan fingerprint density at radius 1 is 1.04 bits per heavy atom. The lowest BCUT2D eigenvalue weighted by molar-refractivity contribution is -0.173. The van der Waals surface area contributed by atoms with Crippen molar-refractivity contribution in [3.63, 3.8) is 0 Å². The van der Waals surface area contributed by atoms with Crippen molar-refractivity contribution in [2.45, 2.75) is 17.5 Å². The van der Waals surface area contributed by atoms with Crippen LogP contribution >= 0.6 is 0 Å². The van der Waals surface area contributed by atoms with Crippen molar-refractivity contribution < 1.29 is 26.4 Å². The van der Waals surface area contributed by atoms with E-state index < -0.39 is 21.9 Å². The lowest BCUT2D eigenvalue weighted by Gasteiger charge is -2.06. The summed E-state index contributed by atoms with van der Waals surface area (Å²) in [6, 6.07) is 15.3. The number of rotatable bonds is 7. The van der Waals surface area contributed by atoms with Crippen molar-refractivity contribution in [2.24, 2.45) is 0 Å². The van der Waals surface area contributed by atoms with Crippen molar-refractivity contribution in [3.8, 4) is 0 Å². The van der Waals surface area contributed by atoms with Gasteiger partial charge in [0, 0.05) is 6.54 Å². The second kappa shape index (κ2) is 8.85. The van der Waals surface area contributed by atoms with Gasteiger partial charge in [-0.15, -0.1) is 0 Å². The maximum Gasteiger partial charge on any atom is 0.471 e. The summed E-state index contributed by atoms with van der Waals surface area (Å²) in [7, 11) is -3.50. The highest BCUT2D eigenvalue weighted by molar-refractivity contribution is 7.91. The minimum absolute atomic E-state index is 0.0498. The lowest BCUT2D eigenvalue weighted by Crippen LogP contribution is -2.36. The summed E-state index contributed by atoms with van der Waals surface area (Å²) in [5, 5.41) is 1.71. The zero-order valence-corrected chi connectivity index (χ0v) is 15.1. The maximum absolute atomic E-state index is 12.5. The van der Waals surface area contributed by atoms with Crippen LogP contribution in [0.25, 0.3) is 6.08 Å². The van der Waals surface area contributed by atoms with Gasteiger partial charge in [0.05, 0.1) is 10.6 Å². The van der Waals surface area contributed by atoms with Crippen LogP contribution in [-0.4, -0.2) is 32.8 Å². The average molecular weight is 397 g/mol. The predicted octanol–water partition coefficient (Wildman–Crippen LogP) is 3.39. The van der Waals surface area contributed by atoms with Gasteiger partial charge in [-0.25, -0.2) is 8.42 Å². The summed E-state index contributed by atoms with van der Waals surface area (Å²) in [4.78, 5) is 10.8. The zero-order chi connectivity index (χ0) is 19.9. The van der Waals surface area contributed by atoms with E-state index in [0.717, 1.165) is 5.56 Å². The van der Waals surface area contributed by atoms with Crippen LogP contribution in [0, 0.1) is 0 Å². The first-order valence-electron chi connectivity index (χ1n) is 8.07. The number of aryl methyl sites for hydroxylation is 1. The smallest absolute Gasteiger partial charge is 0.345 e. The molecule has 0 bridgehead atoms. The molecule has 0 aliphatic rings. The minimum Gasteiger partial charge on any atom is -0.345 e. The van der Waals surface area contributed by atoms with Crippen LogP contribution in [0.1, 0.15) is 11.1 Å². The second-order valence-corrected chi connectivity index (χ2v) is 7.85. The number of benzene rings is 2. The Bertz CT molecular complexity index is 907. The van der Waals surface area contributed by atoms with Gasteiger partial charge >= 0.3 is 12.1 Å². The fourth-order valence-electron chi connectivity index (χ4n) is 2.27. The van der Waals surface area contributed by atoms with Crippen LogP contribution in [0.5, 0.6) is 0 Å². The maximum atomic E-state index is 12.5. The third-order valence-corrected chi connectivity index (χ3v) is 5.38. The van der Waals surface area contributed by atoms with Gasteiger partial charge in [0.15, 0.2) is 9.84 Å². The number of sulfone groups is 1. The topological polar surface area (TPSA) is 63.2 Å². The Labute approximate surface area is 155 Å². The van der Waals surface area contributed by atoms with Crippen molar-refractivity contribution in [1.29, 1.82) is 0 Å². The molecule has 0 unspecified atom stereocenters. The molecule has 4 nitrogen and oxygen atoms in total. The Morgan fingerprint density at radius 2 is 1.74 bits per heavy atom. The fraction of sp³-hybridized carbons (Fsp3) is 0.211. The summed E-state index contributed by atoms with van der Waals surface area (Å²) >= 11 is 0. The number of halogens is 3. The number of hydrogen-bond acceptors (Lipinski definition) is 3. The molecule has 2 rings (SSSR count). The van der Waals surface area contributed by atoms with Gasteiger partial charge in [0.2, 0.25) is 0 Å². The molecule has 0 fully saturated rings. The van der Waals surface area contributed by atoms with Gasteiger partial charge in [-0.3, -0.25) is 4.79 Å². The van der Waals surface area contributed by atoms with E-state index in [1.165, 1.54) is 24.3 Å². The van der Waals surface area contributed by atoms with Gasteiger partial charge in [-0.05, 0) is 29.7 Å². The molecule has 0 spiro atoms. The van der Waals surface area contributed by atoms with Crippen LogP contribution in [0.15, 0.2) is 65.6 Å². The Hall–Kier alpha value is -2.61. The highest BCUT2D eigenvalue weighted by atomic mass is 32.2. The second-order valence-electron chi connectivity index (χ2n) is 5.74. The summed E-state index contributed by atoms with van der Waals surface area (Å²) in [5.41, 5.74) is 1.43. The molecule has 0 atom stereocenters. The molecule has 2 aromatic carbocycles. The number of alkyl halides is 3. The van der Waals surface area contributed by atoms with Crippen LogP contribution in [0.4, 0.5) is 13.2 Å². The largest absolute Gasteiger partial charge is 0.471 e. The number of nitrogens with one attached hydrogen (secondary N) is 1. The first-order valence-corrected chi connectivity index (χ1v) is 9.72. The normalized spacial score (nSPS) is 12.3. The molecule has 0 radical (unpaired) electrons. The third kappa shape index (κ3) is 6.56. The predicted molar refractivity (Wildman–Crippen MR) is 96.7 cm³/mol. The van der Waals surface area contributed by atoms with E-state index in [0.29, 0.717) is 12.0 Å². The van der Waals surface area contributed by atoms with E-state index in [2.05, 4.69) is 0 Å². The molecule has 8 heteroatoms. The highest BCUT2D eigenvalue weighted by Crippen LogP contribution is 2.16. The third-order valence-electron chi connectivity index (χ3n) is 3.67. The molecule has 2 aromatic rings. The molecule has 27 heavy (non-hydrogen) atoms. The molecular formula is C19H18F3NO3S. The van der Waals surface area contributed by atoms with E-state index in [9.17, 15) is 26.4 Å². The van der Waals surface area contributed by atoms with Crippen LogP contribution < -0.4 is 5.32 Å². The summed E-state index contributed by atoms with van der Waals surface area (Å²) in [5.74, 6) is -2.07. The molecule has 1 amide bonds. The number of carbonyl (C=O) groups excluding carboxylic acids is 1. The lowest BCUT2D eigenvalue weighted by atomic mass is 10.2. The Morgan fingerprint density at radius 3 is 2.41 bits per heavy atom. The first kappa shape index (κ1) is 20.7. The first-order chi connectivity index (χ1) is 12.7. The van der Waals surface area contributed by atoms with Crippen molar-refractivity contribution in [1.82, 2.24) is 5.32 Å². The van der Waals surface area contributed by atoms with Crippen LogP contribution in [-0.2, 0) is 21.1 Å². The standard InChI is InChI=1S/C19H18F3NO3S/c20-19(21,22)18(24)23-12-5-9-16-8-4-10-17(14-16)27(25,26)13-11-15-6-2-1-3-7-15/h1-10,14H,11-13H2,(H,23,24). The van der Waals surface area contributed by atoms with Crippen LogP contribution in [0.3, 0.4) is 0 Å². The number of carbonyl (C=O) groups is 1. The molecule has 0 aliphatic carbocycles. The SMILES string of the molecule is O=C(NCC=Cc1cccc(S(=O)(=O)CCc2ccccc2)c1)C(F)(F)F. The van der Waals surface area contributed by atoms with Crippen molar-refractivity contribution >= 4 is 21.8 Å². The molecule has 0 saturated heterocycles. The van der Waals surface area contributed by atoms with E-state index >= 15 is 0 Å². The Kier molecular flexibility index (Phi) is 6.79. The van der Waals surface area contributed by atoms with Gasteiger partial charge in [0.25, 0.3) is 0 Å². The summed E-state index contributed by atoms with van der Waals surface area (Å²) in [6.45, 7) is -0.316. The Balaban J connectivity index is 1.99. The molecule has 0 saturated carbocycles. The van der Waals surface area contributed by atoms with Gasteiger partial charge in [-0.2, -0.15) is 13.2 Å². The van der Waals surface area contributed by atoms with Gasteiger partial charge in [-0.1, -0.05) is 54.6 Å². The van der Waals surface area contributed by atoms with E-state index in [1.54, 1.807) is 17.4 Å². The number of amides is 1. The minimum atomic E-state index is -4.93. The fourth-order valence-corrected chi connectivity index (χ4v) is 3.61. The van der Waals surface area contributed by atoms with Crippen molar-refractivity contribution in [2.75, 3.05) is 12.3 Å². The highest BCUT2D eigenvalue weighted by Gasteiger charge is 2.37. The van der Waals surface area contributed by atoms with Gasteiger partial charge < -0.3 is 5.32 Å². The van der Waals surface area contributed by atoms with E-state index in [1.807, 2.05) is 30.3 Å². The molecule has 0 aromatic heterocycles. The van der Waals surface area contributed by atoms with E-state index in [-0.39, 0.29) is 17.2 Å². The van der Waals surface area contributed by atoms with Gasteiger partial charge in [0.1, 0.15) is 0 Å². The van der Waals surface area contributed by atoms with Crippen LogP contribution in [0.2, 0.25) is 0 Å². The molecular weight excluding hydrogens is 379 g/mol. The van der Waals surface area contributed by atoms with Crippen molar-refractivity contribution in [3.05, 3.63) is 71.8 Å². The molecule has 1 N–H and O–H groups in total. The summed E-state index contributed by atoms with van der Waals surface area (Å²) in [6.07, 6.45) is -1.78. The number of hydrogen-bond donors (Lipinski definition) is 1. The quantitative estimate of drug-likeness (QED) is 0.779. The average Bonchev–Trinajstić information content (AvgIpc) is 2.64. The molecule has 144 valence electrons. The van der Waals surface area contributed by atoms with E-state index in [4.69, 9.17) is 0 Å². The monoisotopic (exact) mass is 397 g/mol. The zero-order valence-electron chi connectivity index (χ0n) is 14.2. The molecule has 0 heterocycles. The summed E-state index contributed by atoms with van der Waals surface area (Å²) < 4.78 is 61.2.